The predicted octanol–water partition coefficient (Wildman–Crippen LogP) is 2.83. The summed E-state index contributed by atoms with van der Waals surface area (Å²) in [5.41, 5.74) is -0.525. The number of rotatable bonds is 4. The van der Waals surface area contributed by atoms with Crippen LogP contribution in [0.3, 0.4) is 0 Å². The number of nitro groups is 1. The Balaban J connectivity index is 2.90. The van der Waals surface area contributed by atoms with Gasteiger partial charge in [-0.25, -0.2) is 0 Å². The molecule has 1 rings (SSSR count). The van der Waals surface area contributed by atoms with E-state index in [0.29, 0.717) is 6.07 Å². The van der Waals surface area contributed by atoms with Gasteiger partial charge in [0.25, 0.3) is 5.69 Å². The zero-order chi connectivity index (χ0) is 12.3. The van der Waals surface area contributed by atoms with Crippen LogP contribution in [-0.4, -0.2) is 17.5 Å². The highest BCUT2D eigenvalue weighted by molar-refractivity contribution is 5.38. The van der Waals surface area contributed by atoms with E-state index in [1.54, 1.807) is 0 Å². The molecule has 0 aliphatic carbocycles. The Morgan fingerprint density at radius 1 is 1.38 bits per heavy atom. The van der Waals surface area contributed by atoms with Crippen LogP contribution >= 0.6 is 0 Å². The minimum atomic E-state index is -4.67. The van der Waals surface area contributed by atoms with E-state index in [0.717, 1.165) is 18.2 Å². The van der Waals surface area contributed by atoms with Crippen LogP contribution in [0.15, 0.2) is 24.3 Å². The van der Waals surface area contributed by atoms with Crippen LogP contribution < -0.4 is 4.74 Å². The average molecular weight is 239 g/mol. The van der Waals surface area contributed by atoms with Gasteiger partial charge < -0.3 is 4.74 Å². The van der Waals surface area contributed by atoms with Gasteiger partial charge in [0.05, 0.1) is 11.0 Å². The topological polar surface area (TPSA) is 52.4 Å². The molecule has 8 heteroatoms. The average Bonchev–Trinajstić information content (AvgIpc) is 2.17. The summed E-state index contributed by atoms with van der Waals surface area (Å²) in [4.78, 5) is 9.41. The first-order valence-electron chi connectivity index (χ1n) is 3.92. The fourth-order valence-electron chi connectivity index (χ4n) is 0.862. The summed E-state index contributed by atoms with van der Waals surface area (Å²) in [6, 6.07) is 3.63. The normalized spacial score (nSPS) is 11.6. The van der Waals surface area contributed by atoms with E-state index in [1.807, 2.05) is 0 Å². The van der Waals surface area contributed by atoms with Gasteiger partial charge in [0, 0.05) is 6.07 Å². The molecule has 0 spiro atoms. The quantitative estimate of drug-likeness (QED) is 0.461. The summed E-state index contributed by atoms with van der Waals surface area (Å²) in [5.74, 6) is -0.695. The second-order valence-electron chi connectivity index (χ2n) is 2.72. The standard InChI is InChI=1S/C8H5F4NO3/c9-7(10)8(11,12)16-6-3-1-2-5(4-6)13(14)15/h1-4,7H. The first kappa shape index (κ1) is 12.2. The second kappa shape index (κ2) is 4.33. The number of ether oxygens (including phenoxy) is 1. The molecule has 0 heterocycles. The molecule has 88 valence electrons. The number of non-ortho nitro benzene ring substituents is 1. The largest absolute Gasteiger partial charge is 0.461 e. The molecule has 0 amide bonds. The molecule has 0 N–H and O–H groups in total. The van der Waals surface area contributed by atoms with Crippen molar-refractivity contribution in [3.05, 3.63) is 34.4 Å². The van der Waals surface area contributed by atoms with Crippen molar-refractivity contribution >= 4 is 5.69 Å². The van der Waals surface area contributed by atoms with E-state index < -0.39 is 28.9 Å². The van der Waals surface area contributed by atoms with E-state index in [2.05, 4.69) is 4.74 Å². The zero-order valence-corrected chi connectivity index (χ0v) is 7.57. The first-order chi connectivity index (χ1) is 7.33. The summed E-state index contributed by atoms with van der Waals surface area (Å²) in [6.45, 7) is 0. The minimum Gasteiger partial charge on any atom is -0.428 e. The van der Waals surface area contributed by atoms with Gasteiger partial charge in [-0.3, -0.25) is 10.1 Å². The van der Waals surface area contributed by atoms with Crippen molar-refractivity contribution < 1.29 is 27.2 Å². The molecule has 0 radical (unpaired) electrons. The molecular formula is C8H5F4NO3. The monoisotopic (exact) mass is 239 g/mol. The Hall–Kier alpha value is -1.86. The van der Waals surface area contributed by atoms with Crippen molar-refractivity contribution in [2.45, 2.75) is 12.5 Å². The molecule has 0 saturated carbocycles. The first-order valence-corrected chi connectivity index (χ1v) is 3.92. The number of hydrogen-bond acceptors (Lipinski definition) is 3. The van der Waals surface area contributed by atoms with Gasteiger partial charge in [-0.05, 0) is 6.07 Å². The maximum absolute atomic E-state index is 12.4. The Bertz CT molecular complexity index is 397. The number of alkyl halides is 4. The lowest BCUT2D eigenvalue weighted by molar-refractivity contribution is -0.385. The maximum Gasteiger partial charge on any atom is 0.461 e. The lowest BCUT2D eigenvalue weighted by Gasteiger charge is -2.16. The van der Waals surface area contributed by atoms with Gasteiger partial charge in [0.15, 0.2) is 0 Å². The smallest absolute Gasteiger partial charge is 0.428 e. The van der Waals surface area contributed by atoms with Crippen molar-refractivity contribution in [2.24, 2.45) is 0 Å². The number of benzene rings is 1. The molecule has 1 aromatic carbocycles. The molecule has 0 aromatic heterocycles. The molecule has 0 saturated heterocycles. The lowest BCUT2D eigenvalue weighted by atomic mass is 10.3. The fraction of sp³-hybridized carbons (Fsp3) is 0.250. The van der Waals surface area contributed by atoms with Crippen molar-refractivity contribution in [3.8, 4) is 5.75 Å². The van der Waals surface area contributed by atoms with Gasteiger partial charge in [-0.1, -0.05) is 6.07 Å². The number of hydrogen-bond donors (Lipinski definition) is 0. The molecule has 1 aromatic rings. The van der Waals surface area contributed by atoms with Crippen molar-refractivity contribution in [2.75, 3.05) is 0 Å². The van der Waals surface area contributed by atoms with Crippen LogP contribution in [0.1, 0.15) is 0 Å². The summed E-state index contributed by atoms with van der Waals surface area (Å²) in [7, 11) is 0. The Morgan fingerprint density at radius 2 is 2.00 bits per heavy atom. The van der Waals surface area contributed by atoms with Crippen molar-refractivity contribution in [1.82, 2.24) is 0 Å². The third-order valence-electron chi connectivity index (χ3n) is 1.54. The molecule has 0 bridgehead atoms. The summed E-state index contributed by atoms with van der Waals surface area (Å²) >= 11 is 0. The van der Waals surface area contributed by atoms with Crippen LogP contribution in [0.25, 0.3) is 0 Å². The zero-order valence-electron chi connectivity index (χ0n) is 7.57. The molecule has 4 nitrogen and oxygen atoms in total. The van der Waals surface area contributed by atoms with Crippen LogP contribution in [-0.2, 0) is 0 Å². The molecule has 0 unspecified atom stereocenters. The SMILES string of the molecule is O=[N+]([O-])c1cccc(OC(F)(F)C(F)F)c1. The van der Waals surface area contributed by atoms with E-state index in [9.17, 15) is 27.7 Å². The lowest BCUT2D eigenvalue weighted by Crippen LogP contribution is -2.33. The van der Waals surface area contributed by atoms with Crippen LogP contribution in [0.4, 0.5) is 23.2 Å². The van der Waals surface area contributed by atoms with Gasteiger partial charge in [0.1, 0.15) is 5.75 Å². The fourth-order valence-corrected chi connectivity index (χ4v) is 0.862. The Morgan fingerprint density at radius 3 is 2.50 bits per heavy atom. The molecule has 0 aliphatic rings. The Kier molecular flexibility index (Phi) is 3.31. The number of nitrogens with zero attached hydrogens (tertiary/aromatic N) is 1. The molecule has 0 fully saturated rings. The maximum atomic E-state index is 12.4. The van der Waals surface area contributed by atoms with Gasteiger partial charge in [-0.2, -0.15) is 17.6 Å². The van der Waals surface area contributed by atoms with Gasteiger partial charge >= 0.3 is 12.5 Å². The summed E-state index contributed by atoms with van der Waals surface area (Å²) < 4.78 is 52.0. The second-order valence-corrected chi connectivity index (χ2v) is 2.72. The van der Waals surface area contributed by atoms with E-state index in [-0.39, 0.29) is 0 Å². The van der Waals surface area contributed by atoms with Gasteiger partial charge in [0.2, 0.25) is 0 Å². The number of nitro benzene ring substituents is 1. The van der Waals surface area contributed by atoms with E-state index in [4.69, 9.17) is 0 Å². The molecule has 0 aliphatic heterocycles. The Labute approximate surface area is 86.6 Å². The third kappa shape index (κ3) is 2.81. The molecule has 0 atom stereocenters. The van der Waals surface area contributed by atoms with E-state index in [1.165, 1.54) is 0 Å². The van der Waals surface area contributed by atoms with Crippen molar-refractivity contribution in [3.63, 3.8) is 0 Å². The van der Waals surface area contributed by atoms with Crippen molar-refractivity contribution in [1.29, 1.82) is 0 Å². The highest BCUT2D eigenvalue weighted by atomic mass is 19.3. The predicted molar refractivity (Wildman–Crippen MR) is 44.7 cm³/mol. The third-order valence-corrected chi connectivity index (χ3v) is 1.54. The summed E-state index contributed by atoms with van der Waals surface area (Å²) in [6.07, 6.45) is -8.68. The highest BCUT2D eigenvalue weighted by Gasteiger charge is 2.44. The molecule has 16 heavy (non-hydrogen) atoms. The van der Waals surface area contributed by atoms with Crippen LogP contribution in [0.2, 0.25) is 0 Å². The minimum absolute atomic E-state index is 0.525. The van der Waals surface area contributed by atoms with Crippen LogP contribution in [0, 0.1) is 10.1 Å². The summed E-state index contributed by atoms with van der Waals surface area (Å²) in [5, 5.41) is 10.3. The van der Waals surface area contributed by atoms with E-state index >= 15 is 0 Å². The highest BCUT2D eigenvalue weighted by Crippen LogP contribution is 2.29. The molecular weight excluding hydrogens is 234 g/mol. The number of halogens is 4. The van der Waals surface area contributed by atoms with Crippen LogP contribution in [0.5, 0.6) is 5.75 Å². The van der Waals surface area contributed by atoms with Gasteiger partial charge in [-0.15, -0.1) is 0 Å².